The number of rotatable bonds is 6. The summed E-state index contributed by atoms with van der Waals surface area (Å²) in [6.07, 6.45) is 1.02. The number of nitrogens with one attached hydrogen (secondary N) is 1. The Labute approximate surface area is 142 Å². The van der Waals surface area contributed by atoms with Crippen LogP contribution in [0.2, 0.25) is 0 Å². The van der Waals surface area contributed by atoms with Crippen LogP contribution in [0.25, 0.3) is 0 Å². The highest BCUT2D eigenvalue weighted by atomic mass is 32.2. The molecule has 1 N–H and O–H groups in total. The molecule has 0 aliphatic rings. The van der Waals surface area contributed by atoms with E-state index in [0.717, 1.165) is 23.4 Å². The van der Waals surface area contributed by atoms with Gasteiger partial charge in [0, 0.05) is 12.8 Å². The second kappa shape index (κ2) is 6.92. The minimum absolute atomic E-state index is 0.0825. The van der Waals surface area contributed by atoms with E-state index < -0.39 is 19.9 Å². The van der Waals surface area contributed by atoms with E-state index in [0.29, 0.717) is 0 Å². The SMILES string of the molecule is COc1ccc(S(C)(=O)=O)cc1S(=O)(=O)NCc1cccc(C)c1. The van der Waals surface area contributed by atoms with Crippen LogP contribution in [0.15, 0.2) is 52.3 Å². The third-order valence-electron chi connectivity index (χ3n) is 3.40. The molecule has 0 aliphatic heterocycles. The summed E-state index contributed by atoms with van der Waals surface area (Å²) in [6, 6.07) is 11.2. The van der Waals surface area contributed by atoms with Gasteiger partial charge in [0.1, 0.15) is 10.6 Å². The van der Waals surface area contributed by atoms with Crippen LogP contribution in [0.1, 0.15) is 11.1 Å². The van der Waals surface area contributed by atoms with Gasteiger partial charge in [-0.3, -0.25) is 0 Å². The average molecular weight is 369 g/mol. The normalized spacial score (nSPS) is 12.1. The molecule has 0 bridgehead atoms. The maximum Gasteiger partial charge on any atom is 0.244 e. The highest BCUT2D eigenvalue weighted by molar-refractivity contribution is 7.91. The van der Waals surface area contributed by atoms with E-state index in [4.69, 9.17) is 4.74 Å². The highest BCUT2D eigenvalue weighted by Gasteiger charge is 2.22. The number of hydrogen-bond donors (Lipinski definition) is 1. The fourth-order valence-corrected chi connectivity index (χ4v) is 4.11. The summed E-state index contributed by atoms with van der Waals surface area (Å²) in [7, 11) is -6.14. The molecule has 0 fully saturated rings. The molecule has 0 unspecified atom stereocenters. The van der Waals surface area contributed by atoms with Gasteiger partial charge in [0.25, 0.3) is 0 Å². The molecule has 0 amide bonds. The Bertz CT molecular complexity index is 950. The zero-order valence-corrected chi connectivity index (χ0v) is 15.2. The number of methoxy groups -OCH3 is 1. The first kappa shape index (κ1) is 18.4. The van der Waals surface area contributed by atoms with Crippen molar-refractivity contribution >= 4 is 19.9 Å². The first-order chi connectivity index (χ1) is 11.1. The second-order valence-corrected chi connectivity index (χ2v) is 9.15. The summed E-state index contributed by atoms with van der Waals surface area (Å²) >= 11 is 0. The lowest BCUT2D eigenvalue weighted by atomic mass is 10.1. The van der Waals surface area contributed by atoms with Crippen LogP contribution in [0.5, 0.6) is 5.75 Å². The highest BCUT2D eigenvalue weighted by Crippen LogP contribution is 2.27. The van der Waals surface area contributed by atoms with Crippen molar-refractivity contribution in [2.75, 3.05) is 13.4 Å². The number of sulfone groups is 1. The molecule has 2 rings (SSSR count). The van der Waals surface area contributed by atoms with Gasteiger partial charge in [-0.1, -0.05) is 29.8 Å². The van der Waals surface area contributed by atoms with Gasteiger partial charge >= 0.3 is 0 Å². The van der Waals surface area contributed by atoms with Crippen molar-refractivity contribution in [2.45, 2.75) is 23.3 Å². The molecule has 0 radical (unpaired) electrons. The summed E-state index contributed by atoms with van der Waals surface area (Å²) in [5, 5.41) is 0. The van der Waals surface area contributed by atoms with Crippen LogP contribution >= 0.6 is 0 Å². The van der Waals surface area contributed by atoms with E-state index in [-0.39, 0.29) is 22.1 Å². The molecule has 0 saturated carbocycles. The molecule has 8 heteroatoms. The van der Waals surface area contributed by atoms with E-state index in [1.807, 2.05) is 25.1 Å². The maximum absolute atomic E-state index is 12.6. The smallest absolute Gasteiger partial charge is 0.244 e. The quantitative estimate of drug-likeness (QED) is 0.840. The number of ether oxygens (including phenoxy) is 1. The lowest BCUT2D eigenvalue weighted by Gasteiger charge is -2.12. The molecule has 24 heavy (non-hydrogen) atoms. The Morgan fingerprint density at radius 2 is 1.75 bits per heavy atom. The number of sulfonamides is 1. The van der Waals surface area contributed by atoms with Crippen molar-refractivity contribution in [1.82, 2.24) is 4.72 Å². The molecule has 0 aliphatic carbocycles. The van der Waals surface area contributed by atoms with Gasteiger partial charge in [-0.15, -0.1) is 0 Å². The van der Waals surface area contributed by atoms with Crippen LogP contribution in [-0.2, 0) is 26.4 Å². The van der Waals surface area contributed by atoms with Crippen molar-refractivity contribution in [2.24, 2.45) is 0 Å². The summed E-state index contributed by atoms with van der Waals surface area (Å²) in [4.78, 5) is -0.292. The van der Waals surface area contributed by atoms with E-state index in [1.165, 1.54) is 19.2 Å². The van der Waals surface area contributed by atoms with Gasteiger partial charge in [-0.2, -0.15) is 0 Å². The molecule has 2 aromatic carbocycles. The van der Waals surface area contributed by atoms with Crippen LogP contribution in [0.4, 0.5) is 0 Å². The fourth-order valence-electron chi connectivity index (χ4n) is 2.18. The minimum atomic E-state index is -3.94. The van der Waals surface area contributed by atoms with Crippen molar-refractivity contribution in [3.63, 3.8) is 0 Å². The zero-order chi connectivity index (χ0) is 18.0. The zero-order valence-electron chi connectivity index (χ0n) is 13.6. The van der Waals surface area contributed by atoms with Gasteiger partial charge < -0.3 is 4.74 Å². The lowest BCUT2D eigenvalue weighted by Crippen LogP contribution is -2.24. The van der Waals surface area contributed by atoms with E-state index >= 15 is 0 Å². The summed E-state index contributed by atoms with van der Waals surface area (Å²) in [5.74, 6) is 0.0825. The third-order valence-corrected chi connectivity index (χ3v) is 5.93. The molecule has 130 valence electrons. The van der Waals surface area contributed by atoms with Crippen molar-refractivity contribution < 1.29 is 21.6 Å². The molecule has 0 saturated heterocycles. The third kappa shape index (κ3) is 4.34. The molecule has 0 spiro atoms. The summed E-state index contributed by atoms with van der Waals surface area (Å²) in [6.45, 7) is 2.01. The number of aryl methyl sites for hydroxylation is 1. The Morgan fingerprint density at radius 3 is 2.33 bits per heavy atom. The van der Waals surface area contributed by atoms with Crippen LogP contribution in [-0.4, -0.2) is 30.2 Å². The van der Waals surface area contributed by atoms with Crippen molar-refractivity contribution in [3.05, 3.63) is 53.6 Å². The predicted octanol–water partition coefficient (Wildman–Crippen LogP) is 1.89. The van der Waals surface area contributed by atoms with Crippen molar-refractivity contribution in [3.8, 4) is 5.75 Å². The molecule has 0 aromatic heterocycles. The molecule has 2 aromatic rings. The first-order valence-corrected chi connectivity index (χ1v) is 10.4. The van der Waals surface area contributed by atoms with E-state index in [9.17, 15) is 16.8 Å². The molecule has 0 atom stereocenters. The van der Waals surface area contributed by atoms with Crippen LogP contribution < -0.4 is 9.46 Å². The maximum atomic E-state index is 12.6. The van der Waals surface area contributed by atoms with Gasteiger partial charge in [-0.05, 0) is 30.7 Å². The number of hydrogen-bond acceptors (Lipinski definition) is 5. The minimum Gasteiger partial charge on any atom is -0.495 e. The Hall–Kier alpha value is -1.90. The predicted molar refractivity (Wildman–Crippen MR) is 91.3 cm³/mol. The fraction of sp³-hybridized carbons (Fsp3) is 0.250. The molecule has 0 heterocycles. The van der Waals surface area contributed by atoms with Crippen LogP contribution in [0.3, 0.4) is 0 Å². The van der Waals surface area contributed by atoms with Gasteiger partial charge in [0.2, 0.25) is 10.0 Å². The first-order valence-electron chi connectivity index (χ1n) is 7.07. The number of benzene rings is 2. The summed E-state index contributed by atoms with van der Waals surface area (Å²) < 4.78 is 56.0. The van der Waals surface area contributed by atoms with Gasteiger partial charge in [-0.25, -0.2) is 21.6 Å². The standard InChI is InChI=1S/C16H19NO5S2/c1-12-5-4-6-13(9-12)11-17-24(20,21)16-10-14(23(3,18)19)7-8-15(16)22-2/h4-10,17H,11H2,1-3H3. The van der Waals surface area contributed by atoms with Crippen LogP contribution in [0, 0.1) is 6.92 Å². The topological polar surface area (TPSA) is 89.5 Å². The monoisotopic (exact) mass is 369 g/mol. The Morgan fingerprint density at radius 1 is 1.04 bits per heavy atom. The Kier molecular flexibility index (Phi) is 5.32. The Balaban J connectivity index is 2.37. The largest absolute Gasteiger partial charge is 0.495 e. The molecular formula is C16H19NO5S2. The summed E-state index contributed by atoms with van der Waals surface area (Å²) in [5.41, 5.74) is 1.82. The second-order valence-electron chi connectivity index (χ2n) is 5.40. The van der Waals surface area contributed by atoms with Gasteiger partial charge in [0.15, 0.2) is 9.84 Å². The average Bonchev–Trinajstić information content (AvgIpc) is 2.51. The van der Waals surface area contributed by atoms with E-state index in [1.54, 1.807) is 6.07 Å². The molecule has 6 nitrogen and oxygen atoms in total. The van der Waals surface area contributed by atoms with E-state index in [2.05, 4.69) is 4.72 Å². The van der Waals surface area contributed by atoms with Crippen molar-refractivity contribution in [1.29, 1.82) is 0 Å². The lowest BCUT2D eigenvalue weighted by molar-refractivity contribution is 0.401. The molecular weight excluding hydrogens is 350 g/mol. The van der Waals surface area contributed by atoms with Gasteiger partial charge in [0.05, 0.1) is 12.0 Å².